The number of carbonyl (C=O) groups is 1. The third kappa shape index (κ3) is 5.58. The molecule has 0 spiro atoms. The first-order chi connectivity index (χ1) is 18.2. The van der Waals surface area contributed by atoms with E-state index < -0.39 is 12.0 Å². The number of hydrogen-bond acceptors (Lipinski definition) is 9. The number of halogens is 2. The maximum absolute atomic E-state index is 14.3. The number of nitrogens with zero attached hydrogens (tertiary/aromatic N) is 6. The van der Waals surface area contributed by atoms with Crippen LogP contribution in [0.15, 0.2) is 71.8 Å². The molecule has 0 radical (unpaired) electrons. The number of alkyl halides is 2. The molecule has 4 aromatic rings. The SMILES string of the molecule is CN(N)/C(=N\N)n1c(OCc2cccc(NC(=O)C(F)(F)Oc3ccccc3)n2)nc2cc(C#N)ccc21. The van der Waals surface area contributed by atoms with Gasteiger partial charge < -0.3 is 20.6 Å². The second-order valence-corrected chi connectivity index (χ2v) is 7.77. The highest BCUT2D eigenvalue weighted by molar-refractivity contribution is 5.95. The monoisotopic (exact) mass is 521 g/mol. The summed E-state index contributed by atoms with van der Waals surface area (Å²) >= 11 is 0. The number of hydrazone groups is 1. The van der Waals surface area contributed by atoms with Crippen molar-refractivity contribution in [3.05, 3.63) is 78.0 Å². The number of aromatic nitrogens is 3. The second-order valence-electron chi connectivity index (χ2n) is 7.77. The van der Waals surface area contributed by atoms with Crippen molar-refractivity contribution in [1.29, 1.82) is 5.26 Å². The molecule has 5 N–H and O–H groups in total. The Bertz CT molecular complexity index is 1530. The molecule has 38 heavy (non-hydrogen) atoms. The lowest BCUT2D eigenvalue weighted by Gasteiger charge is -2.18. The number of fused-ring (bicyclic) bond motifs is 1. The summed E-state index contributed by atoms with van der Waals surface area (Å²) in [7, 11) is 1.51. The molecule has 0 fully saturated rings. The minimum Gasteiger partial charge on any atom is -0.458 e. The van der Waals surface area contributed by atoms with E-state index in [1.165, 1.54) is 48.0 Å². The molecule has 14 heteroatoms. The van der Waals surface area contributed by atoms with Crippen LogP contribution in [-0.4, -0.2) is 44.6 Å². The van der Waals surface area contributed by atoms with Gasteiger partial charge in [0.05, 0.1) is 28.4 Å². The average molecular weight is 521 g/mol. The highest BCUT2D eigenvalue weighted by Gasteiger charge is 2.42. The number of imidazole rings is 1. The molecule has 12 nitrogen and oxygen atoms in total. The molecule has 1 amide bonds. The van der Waals surface area contributed by atoms with Crippen LogP contribution in [0.25, 0.3) is 11.0 Å². The number of rotatable bonds is 7. The molecular weight excluding hydrogens is 500 g/mol. The van der Waals surface area contributed by atoms with E-state index >= 15 is 0 Å². The number of para-hydroxylation sites is 1. The fourth-order valence-electron chi connectivity index (χ4n) is 3.36. The van der Waals surface area contributed by atoms with Gasteiger partial charge in [-0.05, 0) is 42.5 Å². The average Bonchev–Trinajstić information content (AvgIpc) is 3.25. The predicted molar refractivity (Wildman–Crippen MR) is 133 cm³/mol. The first kappa shape index (κ1) is 25.8. The number of hydrazine groups is 1. The largest absolute Gasteiger partial charge is 0.482 e. The Balaban J connectivity index is 1.53. The minimum absolute atomic E-state index is 0.0237. The maximum atomic E-state index is 14.3. The van der Waals surface area contributed by atoms with Gasteiger partial charge in [0.1, 0.15) is 18.2 Å². The summed E-state index contributed by atoms with van der Waals surface area (Å²) in [5.74, 6) is 9.45. The van der Waals surface area contributed by atoms with Gasteiger partial charge in [0.15, 0.2) is 0 Å². The molecule has 4 rings (SSSR count). The molecule has 0 saturated heterocycles. The molecule has 2 aromatic carbocycles. The fraction of sp³-hybridized carbons (Fsp3) is 0.125. The Kier molecular flexibility index (Phi) is 7.31. The zero-order chi connectivity index (χ0) is 27.3. The third-order valence-electron chi connectivity index (χ3n) is 5.03. The number of nitrogens with two attached hydrogens (primary N) is 2. The summed E-state index contributed by atoms with van der Waals surface area (Å²) in [5, 5.41) is 16.1. The van der Waals surface area contributed by atoms with E-state index in [4.69, 9.17) is 16.4 Å². The van der Waals surface area contributed by atoms with Crippen LogP contribution in [0.5, 0.6) is 11.8 Å². The quantitative estimate of drug-likeness (QED) is 0.143. The van der Waals surface area contributed by atoms with E-state index in [0.29, 0.717) is 16.6 Å². The predicted octanol–water partition coefficient (Wildman–Crippen LogP) is 2.38. The van der Waals surface area contributed by atoms with Crippen LogP contribution in [-0.2, 0) is 11.4 Å². The highest BCUT2D eigenvalue weighted by Crippen LogP contribution is 2.25. The van der Waals surface area contributed by atoms with E-state index in [-0.39, 0.29) is 35.8 Å². The number of hydrogen-bond donors (Lipinski definition) is 3. The van der Waals surface area contributed by atoms with Crippen molar-refractivity contribution in [2.24, 2.45) is 16.8 Å². The summed E-state index contributed by atoms with van der Waals surface area (Å²) in [6.07, 6.45) is -4.14. The van der Waals surface area contributed by atoms with Crippen molar-refractivity contribution in [3.63, 3.8) is 0 Å². The van der Waals surface area contributed by atoms with Gasteiger partial charge in [0.2, 0.25) is 5.96 Å². The molecule has 0 atom stereocenters. The summed E-state index contributed by atoms with van der Waals surface area (Å²) < 4.78 is 40.3. The number of nitriles is 1. The molecule has 2 aromatic heterocycles. The smallest absolute Gasteiger partial charge is 0.458 e. The Morgan fingerprint density at radius 2 is 1.95 bits per heavy atom. The van der Waals surface area contributed by atoms with E-state index in [9.17, 15) is 18.8 Å². The zero-order valence-corrected chi connectivity index (χ0v) is 19.9. The molecule has 194 valence electrons. The van der Waals surface area contributed by atoms with E-state index in [0.717, 1.165) is 5.01 Å². The van der Waals surface area contributed by atoms with Crippen LogP contribution in [0.2, 0.25) is 0 Å². The maximum Gasteiger partial charge on any atom is 0.482 e. The highest BCUT2D eigenvalue weighted by atomic mass is 19.3. The van der Waals surface area contributed by atoms with Gasteiger partial charge in [-0.25, -0.2) is 15.4 Å². The number of anilines is 1. The fourth-order valence-corrected chi connectivity index (χ4v) is 3.36. The zero-order valence-electron chi connectivity index (χ0n) is 19.9. The van der Waals surface area contributed by atoms with Crippen molar-refractivity contribution in [2.75, 3.05) is 12.4 Å². The van der Waals surface area contributed by atoms with Crippen molar-refractivity contribution in [3.8, 4) is 17.8 Å². The van der Waals surface area contributed by atoms with Crippen molar-refractivity contribution < 1.29 is 23.0 Å². The molecule has 0 aliphatic rings. The Hall–Kier alpha value is -5.29. The lowest BCUT2D eigenvalue weighted by molar-refractivity contribution is -0.187. The summed E-state index contributed by atoms with van der Waals surface area (Å²) in [4.78, 5) is 20.7. The molecule has 0 bridgehead atoms. The van der Waals surface area contributed by atoms with Gasteiger partial charge in [-0.15, -0.1) is 5.10 Å². The lowest BCUT2D eigenvalue weighted by Crippen LogP contribution is -2.40. The molecule has 0 unspecified atom stereocenters. The minimum atomic E-state index is -4.14. The summed E-state index contributed by atoms with van der Waals surface area (Å²) in [5.41, 5.74) is 1.57. The Morgan fingerprint density at radius 1 is 1.18 bits per heavy atom. The topological polar surface area (TPSA) is 170 Å². The first-order valence-electron chi connectivity index (χ1n) is 10.9. The van der Waals surface area contributed by atoms with Crippen LogP contribution < -0.4 is 26.5 Å². The van der Waals surface area contributed by atoms with Gasteiger partial charge in [0.25, 0.3) is 0 Å². The molecular formula is C24H21F2N9O3. The van der Waals surface area contributed by atoms with Gasteiger partial charge in [-0.1, -0.05) is 24.3 Å². The van der Waals surface area contributed by atoms with Crippen molar-refractivity contribution >= 4 is 28.7 Å². The Labute approximate surface area is 214 Å². The van der Waals surface area contributed by atoms with Crippen LogP contribution in [0.3, 0.4) is 0 Å². The number of amides is 1. The molecule has 0 aliphatic carbocycles. The normalized spacial score (nSPS) is 11.6. The standard InChI is InChI=1S/C24H21F2N9O3/c1-34(29)22(33-28)35-19-11-10-15(13-27)12-18(19)31-23(35)37-14-16-6-5-9-20(30-16)32-21(36)24(25,26)38-17-7-3-2-4-8-17/h2-12H,14,28-29H2,1H3,(H,30,32,36)/b33-22+. The molecule has 0 saturated carbocycles. The summed E-state index contributed by atoms with van der Waals surface area (Å²) in [6.45, 7) is -0.179. The number of carbonyl (C=O) groups excluding carboxylic acids is 1. The van der Waals surface area contributed by atoms with Gasteiger partial charge in [-0.3, -0.25) is 9.80 Å². The van der Waals surface area contributed by atoms with E-state index in [1.807, 2.05) is 11.4 Å². The van der Waals surface area contributed by atoms with Gasteiger partial charge in [-0.2, -0.15) is 19.0 Å². The van der Waals surface area contributed by atoms with Crippen LogP contribution in [0.4, 0.5) is 14.6 Å². The molecule has 2 heterocycles. The second kappa shape index (κ2) is 10.8. The number of ether oxygens (including phenoxy) is 2. The van der Waals surface area contributed by atoms with Crippen LogP contribution >= 0.6 is 0 Å². The van der Waals surface area contributed by atoms with E-state index in [2.05, 4.69) is 19.8 Å². The summed E-state index contributed by atoms with van der Waals surface area (Å²) in [6, 6.07) is 18.4. The number of nitrogens with one attached hydrogen (secondary N) is 1. The lowest BCUT2D eigenvalue weighted by atomic mass is 10.2. The van der Waals surface area contributed by atoms with Crippen molar-refractivity contribution in [1.82, 2.24) is 19.5 Å². The van der Waals surface area contributed by atoms with Gasteiger partial charge >= 0.3 is 18.0 Å². The van der Waals surface area contributed by atoms with Gasteiger partial charge in [0, 0.05) is 7.05 Å². The van der Waals surface area contributed by atoms with Crippen LogP contribution in [0, 0.1) is 11.3 Å². The van der Waals surface area contributed by atoms with Crippen molar-refractivity contribution in [2.45, 2.75) is 12.7 Å². The molecule has 0 aliphatic heterocycles. The Morgan fingerprint density at radius 3 is 2.63 bits per heavy atom. The van der Waals surface area contributed by atoms with Crippen LogP contribution in [0.1, 0.15) is 11.3 Å². The third-order valence-corrected chi connectivity index (χ3v) is 5.03. The van der Waals surface area contributed by atoms with E-state index in [1.54, 1.807) is 30.3 Å². The number of benzene rings is 2. The first-order valence-corrected chi connectivity index (χ1v) is 10.9. The number of pyridine rings is 1.